The fraction of sp³-hybridized carbons (Fsp3) is 0.938. The van der Waals surface area contributed by atoms with Crippen LogP contribution in [0.15, 0.2) is 0 Å². The molecule has 1 N–H and O–H groups in total. The van der Waals surface area contributed by atoms with Crippen LogP contribution in [-0.4, -0.2) is 36.0 Å². The number of hydrogen-bond acceptors (Lipinski definition) is 2. The summed E-state index contributed by atoms with van der Waals surface area (Å²) in [6, 6.07) is 0.705. The van der Waals surface area contributed by atoms with Crippen LogP contribution in [0.4, 0.5) is 0 Å². The first-order chi connectivity index (χ1) is 9.06. The maximum absolute atomic E-state index is 12.5. The molecule has 0 aromatic heterocycles. The Balaban J connectivity index is 2.46. The molecule has 112 valence electrons. The summed E-state index contributed by atoms with van der Waals surface area (Å²) in [6.07, 6.45) is 6.73. The van der Waals surface area contributed by atoms with Crippen molar-refractivity contribution in [1.29, 1.82) is 0 Å². The van der Waals surface area contributed by atoms with Gasteiger partial charge in [-0.2, -0.15) is 0 Å². The zero-order chi connectivity index (χ0) is 14.3. The molecule has 0 saturated carbocycles. The molecule has 1 amide bonds. The van der Waals surface area contributed by atoms with E-state index in [0.717, 1.165) is 19.5 Å². The Labute approximate surface area is 119 Å². The second-order valence-electron chi connectivity index (χ2n) is 6.27. The Bertz CT molecular complexity index is 265. The molecule has 0 aromatic carbocycles. The number of carbonyl (C=O) groups is 1. The third kappa shape index (κ3) is 5.52. The highest BCUT2D eigenvalue weighted by atomic mass is 16.2. The minimum Gasteiger partial charge on any atom is -0.340 e. The normalized spacial score (nSPS) is 23.6. The van der Waals surface area contributed by atoms with Gasteiger partial charge in [0.2, 0.25) is 5.91 Å². The largest absolute Gasteiger partial charge is 0.340 e. The minimum atomic E-state index is 0.322. The van der Waals surface area contributed by atoms with Gasteiger partial charge in [0.05, 0.1) is 0 Å². The van der Waals surface area contributed by atoms with Gasteiger partial charge in [-0.15, -0.1) is 0 Å². The SMILES string of the molecule is CCCCCN(C(=O)CC1NCCCC1C)C(C)C. The first kappa shape index (κ1) is 16.5. The van der Waals surface area contributed by atoms with E-state index < -0.39 is 0 Å². The molecular weight excluding hydrogens is 236 g/mol. The minimum absolute atomic E-state index is 0.322. The van der Waals surface area contributed by atoms with Gasteiger partial charge in [0.1, 0.15) is 0 Å². The van der Waals surface area contributed by atoms with Gasteiger partial charge in [0.25, 0.3) is 0 Å². The van der Waals surface area contributed by atoms with Crippen LogP contribution in [0.5, 0.6) is 0 Å². The van der Waals surface area contributed by atoms with Crippen LogP contribution in [0.25, 0.3) is 0 Å². The first-order valence-electron chi connectivity index (χ1n) is 8.09. The highest BCUT2D eigenvalue weighted by Crippen LogP contribution is 2.19. The number of carbonyl (C=O) groups excluding carboxylic acids is 1. The van der Waals surface area contributed by atoms with Gasteiger partial charge in [-0.25, -0.2) is 0 Å². The zero-order valence-corrected chi connectivity index (χ0v) is 13.2. The summed E-state index contributed by atoms with van der Waals surface area (Å²) in [4.78, 5) is 14.5. The smallest absolute Gasteiger partial charge is 0.224 e. The number of unbranched alkanes of at least 4 members (excludes halogenated alkanes) is 2. The molecule has 1 rings (SSSR count). The quantitative estimate of drug-likeness (QED) is 0.719. The standard InChI is InChI=1S/C16H32N2O/c1-5-6-7-11-18(13(2)3)16(19)12-15-14(4)9-8-10-17-15/h13-15,17H,5-12H2,1-4H3. The summed E-state index contributed by atoms with van der Waals surface area (Å²) >= 11 is 0. The third-order valence-corrected chi connectivity index (χ3v) is 4.27. The van der Waals surface area contributed by atoms with Crippen LogP contribution in [0.3, 0.4) is 0 Å². The Morgan fingerprint density at radius 2 is 2.11 bits per heavy atom. The summed E-state index contributed by atoms with van der Waals surface area (Å²) < 4.78 is 0. The van der Waals surface area contributed by atoms with Crippen molar-refractivity contribution in [2.45, 2.75) is 78.3 Å². The molecule has 1 fully saturated rings. The Kier molecular flexibility index (Phi) is 7.44. The van der Waals surface area contributed by atoms with E-state index in [-0.39, 0.29) is 0 Å². The fourth-order valence-electron chi connectivity index (χ4n) is 2.90. The highest BCUT2D eigenvalue weighted by Gasteiger charge is 2.26. The van der Waals surface area contributed by atoms with E-state index in [0.29, 0.717) is 30.3 Å². The summed E-state index contributed by atoms with van der Waals surface area (Å²) in [5.41, 5.74) is 0. The molecule has 3 nitrogen and oxygen atoms in total. The summed E-state index contributed by atoms with van der Waals surface area (Å²) in [5.74, 6) is 0.958. The number of nitrogens with zero attached hydrogens (tertiary/aromatic N) is 1. The lowest BCUT2D eigenvalue weighted by atomic mass is 9.90. The summed E-state index contributed by atoms with van der Waals surface area (Å²) in [5, 5.41) is 3.51. The summed E-state index contributed by atoms with van der Waals surface area (Å²) in [7, 11) is 0. The van der Waals surface area contributed by atoms with Gasteiger partial charge in [-0.05, 0) is 45.6 Å². The maximum atomic E-state index is 12.5. The lowest BCUT2D eigenvalue weighted by molar-refractivity contribution is -0.134. The van der Waals surface area contributed by atoms with Crippen molar-refractivity contribution in [3.8, 4) is 0 Å². The van der Waals surface area contributed by atoms with Crippen LogP contribution >= 0.6 is 0 Å². The average molecular weight is 268 g/mol. The van der Waals surface area contributed by atoms with Gasteiger partial charge in [-0.1, -0.05) is 26.7 Å². The Morgan fingerprint density at radius 1 is 1.37 bits per heavy atom. The molecular formula is C16H32N2O. The predicted octanol–water partition coefficient (Wildman–Crippen LogP) is 3.19. The van der Waals surface area contributed by atoms with Gasteiger partial charge >= 0.3 is 0 Å². The lowest BCUT2D eigenvalue weighted by Gasteiger charge is -2.33. The van der Waals surface area contributed by atoms with E-state index >= 15 is 0 Å². The van der Waals surface area contributed by atoms with E-state index in [1.807, 2.05) is 0 Å². The maximum Gasteiger partial charge on any atom is 0.224 e. The number of amides is 1. The topological polar surface area (TPSA) is 32.3 Å². The van der Waals surface area contributed by atoms with Gasteiger partial charge in [0, 0.05) is 25.0 Å². The third-order valence-electron chi connectivity index (χ3n) is 4.27. The van der Waals surface area contributed by atoms with Crippen LogP contribution in [0.1, 0.15) is 66.2 Å². The van der Waals surface area contributed by atoms with Crippen molar-refractivity contribution in [3.05, 3.63) is 0 Å². The van der Waals surface area contributed by atoms with E-state index in [1.54, 1.807) is 0 Å². The number of hydrogen-bond donors (Lipinski definition) is 1. The number of rotatable bonds is 7. The molecule has 1 heterocycles. The van der Waals surface area contributed by atoms with E-state index in [9.17, 15) is 4.79 Å². The molecule has 2 atom stereocenters. The van der Waals surface area contributed by atoms with Crippen molar-refractivity contribution in [3.63, 3.8) is 0 Å². The Hall–Kier alpha value is -0.570. The summed E-state index contributed by atoms with van der Waals surface area (Å²) in [6.45, 7) is 10.7. The molecule has 3 heteroatoms. The van der Waals surface area contributed by atoms with E-state index in [2.05, 4.69) is 37.9 Å². The van der Waals surface area contributed by atoms with Crippen LogP contribution in [0, 0.1) is 5.92 Å². The number of nitrogens with one attached hydrogen (secondary N) is 1. The Morgan fingerprint density at radius 3 is 2.68 bits per heavy atom. The van der Waals surface area contributed by atoms with Crippen LogP contribution in [0.2, 0.25) is 0 Å². The molecule has 0 radical (unpaired) electrons. The van der Waals surface area contributed by atoms with Gasteiger partial charge in [0.15, 0.2) is 0 Å². The van der Waals surface area contributed by atoms with Gasteiger partial charge in [-0.3, -0.25) is 4.79 Å². The van der Waals surface area contributed by atoms with Crippen molar-refractivity contribution in [2.24, 2.45) is 5.92 Å². The molecule has 1 saturated heterocycles. The molecule has 19 heavy (non-hydrogen) atoms. The fourth-order valence-corrected chi connectivity index (χ4v) is 2.90. The lowest BCUT2D eigenvalue weighted by Crippen LogP contribution is -2.46. The van der Waals surface area contributed by atoms with Crippen molar-refractivity contribution < 1.29 is 4.79 Å². The van der Waals surface area contributed by atoms with Crippen molar-refractivity contribution in [1.82, 2.24) is 10.2 Å². The monoisotopic (exact) mass is 268 g/mol. The van der Waals surface area contributed by atoms with Crippen molar-refractivity contribution >= 4 is 5.91 Å². The second-order valence-corrected chi connectivity index (χ2v) is 6.27. The molecule has 2 unspecified atom stereocenters. The van der Waals surface area contributed by atoms with E-state index in [1.165, 1.54) is 25.7 Å². The molecule has 0 aromatic rings. The molecule has 0 bridgehead atoms. The van der Waals surface area contributed by atoms with Crippen LogP contribution < -0.4 is 5.32 Å². The number of piperidine rings is 1. The molecule has 1 aliphatic rings. The highest BCUT2D eigenvalue weighted by molar-refractivity contribution is 5.77. The molecule has 0 aliphatic carbocycles. The molecule has 0 spiro atoms. The van der Waals surface area contributed by atoms with Crippen molar-refractivity contribution in [2.75, 3.05) is 13.1 Å². The second kappa shape index (κ2) is 8.57. The van der Waals surface area contributed by atoms with E-state index in [4.69, 9.17) is 0 Å². The zero-order valence-electron chi connectivity index (χ0n) is 13.2. The first-order valence-corrected chi connectivity index (χ1v) is 8.09. The van der Waals surface area contributed by atoms with Crippen LogP contribution in [-0.2, 0) is 4.79 Å². The van der Waals surface area contributed by atoms with Gasteiger partial charge < -0.3 is 10.2 Å². The predicted molar refractivity (Wildman–Crippen MR) is 81.2 cm³/mol. The average Bonchev–Trinajstić information content (AvgIpc) is 2.37. The molecule has 1 aliphatic heterocycles.